The van der Waals surface area contributed by atoms with E-state index < -0.39 is 35.0 Å². The predicted octanol–water partition coefficient (Wildman–Crippen LogP) is 5.71. The average molecular weight is 563 g/mol. The molecule has 8 nitrogen and oxygen atoms in total. The third-order valence-corrected chi connectivity index (χ3v) is 8.05. The van der Waals surface area contributed by atoms with Crippen molar-refractivity contribution in [2.75, 3.05) is 19.7 Å². The van der Waals surface area contributed by atoms with Crippen molar-refractivity contribution in [3.8, 4) is 5.75 Å². The van der Waals surface area contributed by atoms with Crippen LogP contribution in [0.3, 0.4) is 0 Å². The van der Waals surface area contributed by atoms with E-state index in [1.54, 1.807) is 25.7 Å². The Kier molecular flexibility index (Phi) is 9.41. The van der Waals surface area contributed by atoms with E-state index in [-0.39, 0.29) is 12.5 Å². The quantitative estimate of drug-likeness (QED) is 0.427. The Bertz CT molecular complexity index is 1270. The van der Waals surface area contributed by atoms with E-state index in [1.165, 1.54) is 0 Å². The lowest BCUT2D eigenvalue weighted by atomic mass is 9.65. The van der Waals surface area contributed by atoms with Crippen LogP contribution in [0.15, 0.2) is 60.2 Å². The van der Waals surface area contributed by atoms with Crippen LogP contribution in [0.25, 0.3) is 6.08 Å². The number of nitrogens with one attached hydrogen (secondary N) is 1. The van der Waals surface area contributed by atoms with Gasteiger partial charge >= 0.3 is 12.1 Å². The molecule has 0 radical (unpaired) electrons. The molecule has 0 spiro atoms. The molecule has 2 aromatic rings. The molecule has 41 heavy (non-hydrogen) atoms. The first kappa shape index (κ1) is 30.2. The number of rotatable bonds is 8. The minimum atomic E-state index is -0.994. The van der Waals surface area contributed by atoms with Gasteiger partial charge in [0.05, 0.1) is 12.5 Å². The van der Waals surface area contributed by atoms with Crippen LogP contribution in [-0.2, 0) is 20.7 Å². The molecule has 220 valence electrons. The molecule has 4 rings (SSSR count). The van der Waals surface area contributed by atoms with Crippen LogP contribution in [0.2, 0.25) is 0 Å². The lowest BCUT2D eigenvalue weighted by Gasteiger charge is -2.45. The van der Waals surface area contributed by atoms with Gasteiger partial charge in [-0.2, -0.15) is 0 Å². The van der Waals surface area contributed by atoms with Gasteiger partial charge in [-0.15, -0.1) is 0 Å². The van der Waals surface area contributed by atoms with Crippen LogP contribution in [-0.4, -0.2) is 59.3 Å². The van der Waals surface area contributed by atoms with Gasteiger partial charge in [0, 0.05) is 30.5 Å². The van der Waals surface area contributed by atoms with Gasteiger partial charge in [-0.25, -0.2) is 4.79 Å². The van der Waals surface area contributed by atoms with E-state index in [4.69, 9.17) is 9.47 Å². The van der Waals surface area contributed by atoms with Gasteiger partial charge in [0.15, 0.2) is 0 Å². The number of nitrogens with zero attached hydrogens (tertiary/aromatic N) is 1. The molecule has 0 bridgehead atoms. The van der Waals surface area contributed by atoms with Crippen molar-refractivity contribution in [1.29, 1.82) is 0 Å². The number of alkyl carbamates (subject to hydrolysis) is 1. The largest absolute Gasteiger partial charge is 0.493 e. The van der Waals surface area contributed by atoms with Crippen LogP contribution in [0.4, 0.5) is 4.79 Å². The molecule has 2 aliphatic heterocycles. The Morgan fingerprint density at radius 3 is 2.49 bits per heavy atom. The Balaban J connectivity index is 1.85. The lowest BCUT2D eigenvalue weighted by Crippen LogP contribution is -2.60. The topological polar surface area (TPSA) is 105 Å². The zero-order valence-electron chi connectivity index (χ0n) is 24.5. The van der Waals surface area contributed by atoms with Gasteiger partial charge in [0.25, 0.3) is 0 Å². The summed E-state index contributed by atoms with van der Waals surface area (Å²) in [7, 11) is 0. The molecule has 2 aromatic carbocycles. The maximum absolute atomic E-state index is 14.5. The van der Waals surface area contributed by atoms with Crippen molar-refractivity contribution in [2.24, 2.45) is 11.3 Å². The number of para-hydroxylation sites is 1. The van der Waals surface area contributed by atoms with E-state index in [9.17, 15) is 19.5 Å². The Morgan fingerprint density at radius 2 is 1.80 bits per heavy atom. The number of carbonyl (C=O) groups excluding carboxylic acids is 2. The van der Waals surface area contributed by atoms with E-state index >= 15 is 0 Å². The second-order valence-corrected chi connectivity index (χ2v) is 12.0. The van der Waals surface area contributed by atoms with Crippen LogP contribution in [0.1, 0.15) is 64.5 Å². The summed E-state index contributed by atoms with van der Waals surface area (Å²) in [5, 5.41) is 12.7. The molecule has 8 heteroatoms. The fourth-order valence-electron chi connectivity index (χ4n) is 6.00. The molecule has 3 atom stereocenters. The van der Waals surface area contributed by atoms with Crippen LogP contribution >= 0.6 is 0 Å². The second kappa shape index (κ2) is 12.8. The second-order valence-electron chi connectivity index (χ2n) is 12.0. The molecule has 2 unspecified atom stereocenters. The summed E-state index contributed by atoms with van der Waals surface area (Å²) in [6, 6.07) is 16.8. The molecule has 0 saturated carbocycles. The Labute approximate surface area is 242 Å². The van der Waals surface area contributed by atoms with Crippen molar-refractivity contribution in [3.63, 3.8) is 0 Å². The first-order valence-corrected chi connectivity index (χ1v) is 14.5. The fraction of sp³-hybridized carbons (Fsp3) is 0.485. The minimum absolute atomic E-state index is 0.108. The van der Waals surface area contributed by atoms with Crippen LogP contribution in [0.5, 0.6) is 5.75 Å². The van der Waals surface area contributed by atoms with Crippen LogP contribution in [0, 0.1) is 11.3 Å². The summed E-state index contributed by atoms with van der Waals surface area (Å²) in [5.74, 6) is -1.07. The third-order valence-electron chi connectivity index (χ3n) is 8.05. The zero-order valence-corrected chi connectivity index (χ0v) is 24.5. The number of carbonyl (C=O) groups is 3. The molecule has 0 aromatic heterocycles. The molecule has 0 aliphatic carbocycles. The number of fused-ring (bicyclic) bond motifs is 1. The van der Waals surface area contributed by atoms with Crippen molar-refractivity contribution in [1.82, 2.24) is 10.2 Å². The normalized spacial score (nSPS) is 19.4. The summed E-state index contributed by atoms with van der Waals surface area (Å²) in [6.07, 6.45) is 4.11. The van der Waals surface area contributed by atoms with E-state index in [0.29, 0.717) is 45.3 Å². The van der Waals surface area contributed by atoms with Gasteiger partial charge in [-0.1, -0.05) is 67.1 Å². The molecule has 2 amide bonds. The maximum Gasteiger partial charge on any atom is 0.408 e. The van der Waals surface area contributed by atoms with Crippen molar-refractivity contribution in [2.45, 2.75) is 71.4 Å². The number of benzene rings is 2. The molecule has 1 fully saturated rings. The molecular formula is C33H42N2O6. The first-order chi connectivity index (χ1) is 19.5. The van der Waals surface area contributed by atoms with Crippen molar-refractivity contribution >= 4 is 24.0 Å². The highest BCUT2D eigenvalue weighted by atomic mass is 16.6. The minimum Gasteiger partial charge on any atom is -0.493 e. The zero-order chi connectivity index (χ0) is 29.6. The highest BCUT2D eigenvalue weighted by Crippen LogP contribution is 2.44. The van der Waals surface area contributed by atoms with E-state index in [1.807, 2.05) is 61.5 Å². The summed E-state index contributed by atoms with van der Waals surface area (Å²) >= 11 is 0. The van der Waals surface area contributed by atoms with Gasteiger partial charge in [-0.3, -0.25) is 9.59 Å². The average Bonchev–Trinajstić information content (AvgIpc) is 3.17. The number of carboxylic acid groups (broad SMARTS) is 1. The van der Waals surface area contributed by atoms with Gasteiger partial charge < -0.3 is 24.8 Å². The number of piperidine rings is 1. The molecule has 2 aliphatic rings. The van der Waals surface area contributed by atoms with Gasteiger partial charge in [0.2, 0.25) is 5.91 Å². The monoisotopic (exact) mass is 562 g/mol. The first-order valence-electron chi connectivity index (χ1n) is 14.5. The molecule has 2 heterocycles. The van der Waals surface area contributed by atoms with Crippen molar-refractivity contribution in [3.05, 3.63) is 71.3 Å². The SMILES string of the molecule is CCC(Cc1ccccc1)(C1=Cc2ccccc2OCC1)[C@@H](NC(=O)OC(C)(C)C)C(=O)N1CCCC(C(=O)O)C1. The Hall–Kier alpha value is -3.81. The highest BCUT2D eigenvalue weighted by Gasteiger charge is 2.48. The summed E-state index contributed by atoms with van der Waals surface area (Å²) < 4.78 is 11.8. The van der Waals surface area contributed by atoms with Crippen LogP contribution < -0.4 is 10.1 Å². The number of hydrogen-bond acceptors (Lipinski definition) is 5. The maximum atomic E-state index is 14.5. The smallest absolute Gasteiger partial charge is 0.408 e. The van der Waals surface area contributed by atoms with Crippen molar-refractivity contribution < 1.29 is 29.0 Å². The number of likely N-dealkylation sites (tertiary alicyclic amines) is 1. The molecular weight excluding hydrogens is 520 g/mol. The van der Waals surface area contributed by atoms with E-state index in [2.05, 4.69) is 11.4 Å². The highest BCUT2D eigenvalue weighted by molar-refractivity contribution is 5.88. The third kappa shape index (κ3) is 7.29. The predicted molar refractivity (Wildman–Crippen MR) is 157 cm³/mol. The molecule has 1 saturated heterocycles. The lowest BCUT2D eigenvalue weighted by molar-refractivity contribution is -0.147. The number of aliphatic carboxylic acids is 1. The summed E-state index contributed by atoms with van der Waals surface area (Å²) in [4.78, 5) is 41.4. The number of amides is 2. The fourth-order valence-corrected chi connectivity index (χ4v) is 6.00. The summed E-state index contributed by atoms with van der Waals surface area (Å²) in [5.41, 5.74) is 1.33. The van der Waals surface area contributed by atoms with Gasteiger partial charge in [-0.05, 0) is 58.1 Å². The van der Waals surface area contributed by atoms with E-state index in [0.717, 1.165) is 22.4 Å². The number of ether oxygens (including phenoxy) is 2. The number of hydrogen-bond donors (Lipinski definition) is 2. The number of carboxylic acids is 1. The standard InChI is InChI=1S/C33H42N2O6/c1-5-33(21-23-12-7-6-8-13-23,26-17-19-40-27-16-10-9-14-24(27)20-26)28(34-31(39)41-32(2,3)4)29(36)35-18-11-15-25(22-35)30(37)38/h6-10,12-14,16,20,25,28H,5,11,15,17-19,21-22H2,1-4H3,(H,34,39)(H,37,38)/t25?,28-,33?/m0/s1. The Morgan fingerprint density at radius 1 is 1.10 bits per heavy atom. The summed E-state index contributed by atoms with van der Waals surface area (Å²) in [6.45, 7) is 8.36. The molecule has 2 N–H and O–H groups in total. The van der Waals surface area contributed by atoms with Gasteiger partial charge in [0.1, 0.15) is 17.4 Å².